The molecule has 0 atom stereocenters. The van der Waals surface area contributed by atoms with Gasteiger partial charge in [0, 0.05) is 0 Å². The number of ether oxygens (including phenoxy) is 1. The molecule has 1 heterocycles. The highest BCUT2D eigenvalue weighted by molar-refractivity contribution is 5.20. The van der Waals surface area contributed by atoms with Crippen LogP contribution in [-0.4, -0.2) is 4.98 Å². The third kappa shape index (κ3) is 2.13. The number of para-hydroxylation sites is 1. The van der Waals surface area contributed by atoms with E-state index in [-0.39, 0.29) is 0 Å². The van der Waals surface area contributed by atoms with Crippen molar-refractivity contribution in [3.05, 3.63) is 48.2 Å². The van der Waals surface area contributed by atoms with Crippen molar-refractivity contribution in [2.24, 2.45) is 0 Å². The van der Waals surface area contributed by atoms with Crippen molar-refractivity contribution < 1.29 is 9.15 Å². The predicted octanol–water partition coefficient (Wildman–Crippen LogP) is 2.56. The van der Waals surface area contributed by atoms with Crippen LogP contribution in [0.2, 0.25) is 0 Å². The van der Waals surface area contributed by atoms with E-state index in [1.165, 1.54) is 0 Å². The van der Waals surface area contributed by atoms with Crippen LogP contribution in [0.4, 0.5) is 0 Å². The largest absolute Gasteiger partial charge is 0.484 e. The van der Waals surface area contributed by atoms with E-state index < -0.39 is 0 Å². The van der Waals surface area contributed by atoms with E-state index in [1.807, 2.05) is 37.3 Å². The molecule has 0 aliphatic carbocycles. The van der Waals surface area contributed by atoms with Crippen molar-refractivity contribution in [2.45, 2.75) is 13.5 Å². The SMILES string of the molecule is Cc1coc(COc2ccccc2)n1. The lowest BCUT2D eigenvalue weighted by molar-refractivity contribution is 0.263. The normalized spacial score (nSPS) is 10.1. The number of oxazole rings is 1. The minimum absolute atomic E-state index is 0.373. The van der Waals surface area contributed by atoms with E-state index in [2.05, 4.69) is 4.98 Å². The summed E-state index contributed by atoms with van der Waals surface area (Å²) in [6.45, 7) is 2.26. The summed E-state index contributed by atoms with van der Waals surface area (Å²) in [6.07, 6.45) is 1.61. The number of hydrogen-bond donors (Lipinski definition) is 0. The van der Waals surface area contributed by atoms with Gasteiger partial charge in [-0.15, -0.1) is 0 Å². The minimum Gasteiger partial charge on any atom is -0.484 e. The zero-order valence-electron chi connectivity index (χ0n) is 7.93. The fourth-order valence-electron chi connectivity index (χ4n) is 1.13. The molecule has 3 heteroatoms. The first-order valence-corrected chi connectivity index (χ1v) is 4.43. The summed E-state index contributed by atoms with van der Waals surface area (Å²) in [7, 11) is 0. The van der Waals surface area contributed by atoms with Crippen molar-refractivity contribution in [1.29, 1.82) is 0 Å². The Kier molecular flexibility index (Phi) is 2.49. The molecule has 0 amide bonds. The van der Waals surface area contributed by atoms with Crippen molar-refractivity contribution in [2.75, 3.05) is 0 Å². The zero-order chi connectivity index (χ0) is 9.80. The molecule has 0 N–H and O–H groups in total. The lowest BCUT2D eigenvalue weighted by Crippen LogP contribution is -1.95. The molecule has 0 bridgehead atoms. The summed E-state index contributed by atoms with van der Waals surface area (Å²) in [4.78, 5) is 4.13. The first kappa shape index (κ1) is 8.81. The first-order chi connectivity index (χ1) is 6.84. The highest BCUT2D eigenvalue weighted by Gasteiger charge is 2.00. The summed E-state index contributed by atoms with van der Waals surface area (Å²) in [5.41, 5.74) is 0.872. The second-order valence-electron chi connectivity index (χ2n) is 2.98. The number of hydrogen-bond acceptors (Lipinski definition) is 3. The monoisotopic (exact) mass is 189 g/mol. The van der Waals surface area contributed by atoms with Crippen LogP contribution in [-0.2, 0) is 6.61 Å². The van der Waals surface area contributed by atoms with Crippen LogP contribution < -0.4 is 4.74 Å². The highest BCUT2D eigenvalue weighted by Crippen LogP contribution is 2.11. The van der Waals surface area contributed by atoms with Gasteiger partial charge in [0.1, 0.15) is 12.0 Å². The summed E-state index contributed by atoms with van der Waals surface area (Å²) >= 11 is 0. The van der Waals surface area contributed by atoms with Crippen molar-refractivity contribution in [3.63, 3.8) is 0 Å². The molecule has 72 valence electrons. The fourth-order valence-corrected chi connectivity index (χ4v) is 1.13. The summed E-state index contributed by atoms with van der Waals surface area (Å²) < 4.78 is 10.6. The standard InChI is InChI=1S/C11H11NO2/c1-9-7-14-11(12-9)8-13-10-5-3-2-4-6-10/h2-7H,8H2,1H3. The average Bonchev–Trinajstić information content (AvgIpc) is 2.63. The molecule has 0 fully saturated rings. The van der Waals surface area contributed by atoms with Crippen LogP contribution in [0.25, 0.3) is 0 Å². The van der Waals surface area contributed by atoms with Crippen molar-refractivity contribution >= 4 is 0 Å². The number of rotatable bonds is 3. The quantitative estimate of drug-likeness (QED) is 0.744. The van der Waals surface area contributed by atoms with Crippen LogP contribution >= 0.6 is 0 Å². The molecule has 0 aliphatic rings. The third-order valence-electron chi connectivity index (χ3n) is 1.77. The predicted molar refractivity (Wildman–Crippen MR) is 52.0 cm³/mol. The van der Waals surface area contributed by atoms with Crippen LogP contribution in [0.15, 0.2) is 41.0 Å². The number of aryl methyl sites for hydroxylation is 1. The zero-order valence-corrected chi connectivity index (χ0v) is 7.93. The van der Waals surface area contributed by atoms with Gasteiger partial charge in [0.25, 0.3) is 0 Å². The lowest BCUT2D eigenvalue weighted by Gasteiger charge is -2.01. The van der Waals surface area contributed by atoms with Crippen LogP contribution in [0.5, 0.6) is 5.75 Å². The molecule has 0 saturated heterocycles. The molecule has 3 nitrogen and oxygen atoms in total. The third-order valence-corrected chi connectivity index (χ3v) is 1.77. The lowest BCUT2D eigenvalue weighted by atomic mass is 10.3. The van der Waals surface area contributed by atoms with E-state index in [0.29, 0.717) is 12.5 Å². The molecule has 1 aromatic heterocycles. The Bertz CT molecular complexity index is 395. The first-order valence-electron chi connectivity index (χ1n) is 4.43. The maximum Gasteiger partial charge on any atom is 0.232 e. The van der Waals surface area contributed by atoms with Crippen LogP contribution in [0.3, 0.4) is 0 Å². The summed E-state index contributed by atoms with van der Waals surface area (Å²) in [5, 5.41) is 0. The van der Waals surface area contributed by atoms with Gasteiger partial charge in [-0.3, -0.25) is 0 Å². The Morgan fingerprint density at radius 2 is 2.07 bits per heavy atom. The molecular weight excluding hydrogens is 178 g/mol. The Balaban J connectivity index is 1.95. The number of benzene rings is 1. The van der Waals surface area contributed by atoms with E-state index in [4.69, 9.17) is 9.15 Å². The number of nitrogens with zero attached hydrogens (tertiary/aromatic N) is 1. The van der Waals surface area contributed by atoms with E-state index in [9.17, 15) is 0 Å². The Hall–Kier alpha value is -1.77. The molecule has 0 radical (unpaired) electrons. The minimum atomic E-state index is 0.373. The molecular formula is C11H11NO2. The molecule has 2 rings (SSSR count). The van der Waals surface area contributed by atoms with E-state index in [0.717, 1.165) is 11.4 Å². The van der Waals surface area contributed by atoms with Crippen molar-refractivity contribution in [3.8, 4) is 5.75 Å². The summed E-state index contributed by atoms with van der Waals surface area (Å²) in [6, 6.07) is 9.60. The van der Waals surface area contributed by atoms with Gasteiger partial charge < -0.3 is 9.15 Å². The second-order valence-corrected chi connectivity index (χ2v) is 2.98. The highest BCUT2D eigenvalue weighted by atomic mass is 16.5. The Morgan fingerprint density at radius 1 is 1.29 bits per heavy atom. The van der Waals surface area contributed by atoms with E-state index in [1.54, 1.807) is 6.26 Å². The Labute approximate surface area is 82.3 Å². The molecule has 0 unspecified atom stereocenters. The number of aromatic nitrogens is 1. The maximum absolute atomic E-state index is 5.45. The summed E-state index contributed by atoms with van der Waals surface area (Å²) in [5.74, 6) is 1.43. The van der Waals surface area contributed by atoms with Gasteiger partial charge in [-0.25, -0.2) is 4.98 Å². The van der Waals surface area contributed by atoms with Crippen LogP contribution in [0, 0.1) is 6.92 Å². The van der Waals surface area contributed by atoms with Gasteiger partial charge in [0.15, 0.2) is 6.61 Å². The van der Waals surface area contributed by atoms with Crippen molar-refractivity contribution in [1.82, 2.24) is 4.98 Å². The molecule has 1 aromatic carbocycles. The average molecular weight is 189 g/mol. The van der Waals surface area contributed by atoms with Gasteiger partial charge >= 0.3 is 0 Å². The molecule has 0 saturated carbocycles. The van der Waals surface area contributed by atoms with Gasteiger partial charge in [-0.2, -0.15) is 0 Å². The fraction of sp³-hybridized carbons (Fsp3) is 0.182. The molecule has 0 spiro atoms. The molecule has 0 aliphatic heterocycles. The van der Waals surface area contributed by atoms with Gasteiger partial charge in [0.05, 0.1) is 5.69 Å². The molecule has 2 aromatic rings. The second kappa shape index (κ2) is 3.96. The smallest absolute Gasteiger partial charge is 0.232 e. The topological polar surface area (TPSA) is 35.3 Å². The molecule has 14 heavy (non-hydrogen) atoms. The maximum atomic E-state index is 5.45. The van der Waals surface area contributed by atoms with Gasteiger partial charge in [0.2, 0.25) is 5.89 Å². The Morgan fingerprint density at radius 3 is 2.71 bits per heavy atom. The van der Waals surface area contributed by atoms with Gasteiger partial charge in [-0.1, -0.05) is 18.2 Å². The van der Waals surface area contributed by atoms with Gasteiger partial charge in [-0.05, 0) is 19.1 Å². The van der Waals surface area contributed by atoms with E-state index >= 15 is 0 Å². The van der Waals surface area contributed by atoms with Crippen LogP contribution in [0.1, 0.15) is 11.6 Å².